The minimum Gasteiger partial charge on any atom is -0.379 e. The van der Waals surface area contributed by atoms with Gasteiger partial charge in [-0.1, -0.05) is 31.4 Å². The van der Waals surface area contributed by atoms with E-state index in [1.54, 1.807) is 4.31 Å². The molecule has 27 heavy (non-hydrogen) atoms. The van der Waals surface area contributed by atoms with Crippen molar-refractivity contribution in [3.05, 3.63) is 29.8 Å². The van der Waals surface area contributed by atoms with Gasteiger partial charge < -0.3 is 4.74 Å². The quantitative estimate of drug-likeness (QED) is 0.789. The predicted molar refractivity (Wildman–Crippen MR) is 106 cm³/mol. The fraction of sp³-hybridized carbons (Fsp3) is 0.714. The number of hydrogen-bond acceptors (Lipinski definition) is 4. The van der Waals surface area contributed by atoms with Crippen molar-refractivity contribution in [1.82, 2.24) is 9.21 Å². The number of ether oxygens (including phenoxy) is 1. The van der Waals surface area contributed by atoms with Crippen molar-refractivity contribution in [1.29, 1.82) is 0 Å². The molecule has 4 rings (SSSR count). The summed E-state index contributed by atoms with van der Waals surface area (Å²) in [6.45, 7) is 4.78. The summed E-state index contributed by atoms with van der Waals surface area (Å²) in [6.07, 6.45) is 8.23. The molecule has 0 radical (unpaired) electrons. The lowest BCUT2D eigenvalue weighted by Crippen LogP contribution is -2.50. The van der Waals surface area contributed by atoms with Gasteiger partial charge in [-0.3, -0.25) is 4.90 Å². The third-order valence-electron chi connectivity index (χ3n) is 6.58. The number of rotatable bonds is 4. The molecular formula is C21H32N2O3S. The van der Waals surface area contributed by atoms with Crippen LogP contribution in [0.5, 0.6) is 0 Å². The first-order valence-electron chi connectivity index (χ1n) is 10.6. The van der Waals surface area contributed by atoms with Crippen LogP contribution in [0.15, 0.2) is 29.2 Å². The van der Waals surface area contributed by atoms with E-state index in [4.69, 9.17) is 4.74 Å². The Bertz CT molecular complexity index is 699. The zero-order valence-corrected chi connectivity index (χ0v) is 17.0. The number of nitrogens with zero attached hydrogens (tertiary/aromatic N) is 2. The molecule has 0 aromatic heterocycles. The van der Waals surface area contributed by atoms with Gasteiger partial charge in [0.1, 0.15) is 0 Å². The zero-order chi connectivity index (χ0) is 18.7. The van der Waals surface area contributed by atoms with E-state index in [1.165, 1.54) is 37.7 Å². The van der Waals surface area contributed by atoms with Crippen LogP contribution in [-0.4, -0.2) is 63.1 Å². The lowest BCUT2D eigenvalue weighted by atomic mass is 9.84. The van der Waals surface area contributed by atoms with Crippen LogP contribution in [0.4, 0.5) is 0 Å². The van der Waals surface area contributed by atoms with Crippen LogP contribution < -0.4 is 0 Å². The van der Waals surface area contributed by atoms with Crippen molar-refractivity contribution in [3.8, 4) is 0 Å². The molecule has 0 unspecified atom stereocenters. The molecule has 1 saturated carbocycles. The van der Waals surface area contributed by atoms with Gasteiger partial charge in [-0.05, 0) is 49.3 Å². The summed E-state index contributed by atoms with van der Waals surface area (Å²) in [5.74, 6) is 0.611. The van der Waals surface area contributed by atoms with Crippen molar-refractivity contribution < 1.29 is 13.2 Å². The zero-order valence-electron chi connectivity index (χ0n) is 16.2. The van der Waals surface area contributed by atoms with Crippen molar-refractivity contribution in [2.75, 3.05) is 39.4 Å². The minimum atomic E-state index is -3.37. The molecule has 5 nitrogen and oxygen atoms in total. The summed E-state index contributed by atoms with van der Waals surface area (Å²) >= 11 is 0. The van der Waals surface area contributed by atoms with Crippen LogP contribution in [0.25, 0.3) is 0 Å². The van der Waals surface area contributed by atoms with Crippen LogP contribution >= 0.6 is 0 Å². The smallest absolute Gasteiger partial charge is 0.243 e. The molecule has 3 fully saturated rings. The van der Waals surface area contributed by atoms with E-state index in [2.05, 4.69) is 4.90 Å². The molecule has 3 aliphatic rings. The molecule has 0 bridgehead atoms. The second-order valence-corrected chi connectivity index (χ2v) is 10.1. The molecule has 0 N–H and O–H groups in total. The van der Waals surface area contributed by atoms with Gasteiger partial charge in [-0.2, -0.15) is 4.31 Å². The second-order valence-electron chi connectivity index (χ2n) is 8.19. The highest BCUT2D eigenvalue weighted by Gasteiger charge is 2.32. The van der Waals surface area contributed by atoms with Crippen LogP contribution in [-0.2, 0) is 14.8 Å². The Morgan fingerprint density at radius 2 is 1.44 bits per heavy atom. The van der Waals surface area contributed by atoms with Crippen molar-refractivity contribution in [3.63, 3.8) is 0 Å². The van der Waals surface area contributed by atoms with E-state index < -0.39 is 10.0 Å². The van der Waals surface area contributed by atoms with Crippen LogP contribution in [0.3, 0.4) is 0 Å². The van der Waals surface area contributed by atoms with E-state index in [0.717, 1.165) is 39.1 Å². The topological polar surface area (TPSA) is 49.9 Å². The van der Waals surface area contributed by atoms with Crippen LogP contribution in [0, 0.1) is 0 Å². The van der Waals surface area contributed by atoms with Gasteiger partial charge in [0.05, 0.1) is 18.1 Å². The summed E-state index contributed by atoms with van der Waals surface area (Å²) in [6, 6.07) is 8.24. The largest absolute Gasteiger partial charge is 0.379 e. The summed E-state index contributed by atoms with van der Waals surface area (Å²) in [5.41, 5.74) is 1.31. The molecule has 2 heterocycles. The Morgan fingerprint density at radius 1 is 0.815 bits per heavy atom. The van der Waals surface area contributed by atoms with E-state index in [-0.39, 0.29) is 0 Å². The highest BCUT2D eigenvalue weighted by Crippen LogP contribution is 2.33. The highest BCUT2D eigenvalue weighted by atomic mass is 32.2. The summed E-state index contributed by atoms with van der Waals surface area (Å²) in [7, 11) is -3.37. The fourth-order valence-electron chi connectivity index (χ4n) is 4.89. The number of benzene rings is 1. The standard InChI is InChI=1S/C21H32N2O3S/c24-27(25,21-8-6-19(7-9-21)18-4-2-1-3-5-18)23-12-10-20(11-13-23)22-14-16-26-17-15-22/h6-9,18,20H,1-5,10-17H2. The van der Waals surface area contributed by atoms with Gasteiger partial charge in [0, 0.05) is 32.2 Å². The molecule has 2 aliphatic heterocycles. The van der Waals surface area contributed by atoms with Crippen LogP contribution in [0.2, 0.25) is 0 Å². The molecule has 0 atom stereocenters. The highest BCUT2D eigenvalue weighted by molar-refractivity contribution is 7.89. The van der Waals surface area contributed by atoms with Crippen molar-refractivity contribution in [2.24, 2.45) is 0 Å². The average molecular weight is 393 g/mol. The third-order valence-corrected chi connectivity index (χ3v) is 8.49. The number of piperidine rings is 1. The molecule has 2 saturated heterocycles. The SMILES string of the molecule is O=S(=O)(c1ccc(C2CCCCC2)cc1)N1CCC(N2CCOCC2)CC1. The summed E-state index contributed by atoms with van der Waals surface area (Å²) < 4.78 is 33.2. The Kier molecular flexibility index (Phi) is 6.17. The van der Waals surface area contributed by atoms with Gasteiger partial charge in [0.25, 0.3) is 0 Å². The molecule has 0 amide bonds. The van der Waals surface area contributed by atoms with Gasteiger partial charge in [-0.25, -0.2) is 8.42 Å². The van der Waals surface area contributed by atoms with Gasteiger partial charge in [0.2, 0.25) is 10.0 Å². The first-order valence-corrected chi connectivity index (χ1v) is 12.0. The van der Waals surface area contributed by atoms with Gasteiger partial charge in [-0.15, -0.1) is 0 Å². The Balaban J connectivity index is 1.38. The normalized spacial score (nSPS) is 24.9. The second kappa shape index (κ2) is 8.60. The monoisotopic (exact) mass is 392 g/mol. The lowest BCUT2D eigenvalue weighted by molar-refractivity contribution is 0.00610. The predicted octanol–water partition coefficient (Wildman–Crippen LogP) is 3.22. The van der Waals surface area contributed by atoms with E-state index >= 15 is 0 Å². The molecule has 1 aromatic rings. The number of sulfonamides is 1. The first-order chi connectivity index (χ1) is 13.1. The van der Waals surface area contributed by atoms with E-state index in [0.29, 0.717) is 29.9 Å². The molecular weight excluding hydrogens is 360 g/mol. The Hall–Kier alpha value is -0.950. The lowest BCUT2D eigenvalue weighted by Gasteiger charge is -2.39. The average Bonchev–Trinajstić information content (AvgIpc) is 2.75. The molecule has 1 aliphatic carbocycles. The molecule has 6 heteroatoms. The van der Waals surface area contributed by atoms with Crippen molar-refractivity contribution in [2.45, 2.75) is 61.8 Å². The minimum absolute atomic E-state index is 0.451. The summed E-state index contributed by atoms with van der Waals surface area (Å²) in [5, 5.41) is 0. The first kappa shape index (κ1) is 19.4. The fourth-order valence-corrected chi connectivity index (χ4v) is 6.36. The Morgan fingerprint density at radius 3 is 2.07 bits per heavy atom. The third kappa shape index (κ3) is 4.39. The molecule has 0 spiro atoms. The van der Waals surface area contributed by atoms with E-state index in [9.17, 15) is 8.42 Å². The number of hydrogen-bond donors (Lipinski definition) is 0. The summed E-state index contributed by atoms with van der Waals surface area (Å²) in [4.78, 5) is 2.92. The maximum atomic E-state index is 13.1. The Labute approximate surface area is 163 Å². The maximum Gasteiger partial charge on any atom is 0.243 e. The van der Waals surface area contributed by atoms with Gasteiger partial charge >= 0.3 is 0 Å². The van der Waals surface area contributed by atoms with Crippen molar-refractivity contribution >= 4 is 10.0 Å². The molecule has 1 aromatic carbocycles. The van der Waals surface area contributed by atoms with Crippen LogP contribution in [0.1, 0.15) is 56.4 Å². The van der Waals surface area contributed by atoms with Gasteiger partial charge in [0.15, 0.2) is 0 Å². The van der Waals surface area contributed by atoms with E-state index in [1.807, 2.05) is 24.3 Å². The maximum absolute atomic E-state index is 13.1. The molecule has 150 valence electrons. The number of morpholine rings is 1.